The molecule has 0 spiro atoms. The van der Waals surface area contributed by atoms with Crippen LogP contribution in [0.2, 0.25) is 0 Å². The number of rotatable bonds is 10. The van der Waals surface area contributed by atoms with E-state index in [0.29, 0.717) is 12.5 Å². The number of anilines is 2. The van der Waals surface area contributed by atoms with Gasteiger partial charge in [0.15, 0.2) is 0 Å². The van der Waals surface area contributed by atoms with E-state index >= 15 is 0 Å². The topological polar surface area (TPSA) is 85.5 Å². The molecule has 1 aromatic carbocycles. The van der Waals surface area contributed by atoms with E-state index < -0.39 is 0 Å². The lowest BCUT2D eigenvalue weighted by molar-refractivity contribution is 0.216. The van der Waals surface area contributed by atoms with Crippen LogP contribution >= 0.6 is 0 Å². The molecule has 1 fully saturated rings. The second-order valence-electron chi connectivity index (χ2n) is 8.81. The highest BCUT2D eigenvalue weighted by Gasteiger charge is 2.28. The van der Waals surface area contributed by atoms with Crippen molar-refractivity contribution in [2.75, 3.05) is 30.9 Å². The average Bonchev–Trinajstić information content (AvgIpc) is 2.75. The summed E-state index contributed by atoms with van der Waals surface area (Å²) in [5.41, 5.74) is 1.83. The number of hydrogen-bond donors (Lipinski definition) is 4. The maximum atomic E-state index is 12.5. The van der Waals surface area contributed by atoms with Crippen LogP contribution in [0.4, 0.5) is 21.0 Å². The molecule has 0 bridgehead atoms. The lowest BCUT2D eigenvalue weighted by atomic mass is 9.90. The van der Waals surface area contributed by atoms with Crippen LogP contribution < -0.4 is 26.2 Å². The van der Waals surface area contributed by atoms with Crippen LogP contribution in [-0.4, -0.2) is 44.8 Å². The monoisotopic (exact) mass is 431 g/mol. The summed E-state index contributed by atoms with van der Waals surface area (Å²) < 4.78 is 0. The lowest BCUT2D eigenvalue weighted by Crippen LogP contribution is -2.56. The molecule has 2 rings (SSSR count). The van der Waals surface area contributed by atoms with Gasteiger partial charge in [-0.3, -0.25) is 0 Å². The van der Waals surface area contributed by atoms with Crippen LogP contribution in [0, 0.1) is 5.92 Å². The van der Waals surface area contributed by atoms with Crippen molar-refractivity contribution >= 4 is 23.4 Å². The van der Waals surface area contributed by atoms with Gasteiger partial charge in [-0.2, -0.15) is 0 Å². The minimum atomic E-state index is -0.234. The zero-order valence-corrected chi connectivity index (χ0v) is 19.7. The molecule has 0 aromatic heterocycles. The number of carbonyl (C=O) groups excluding carboxylic acids is 2. The number of nitrogens with one attached hydrogen (secondary N) is 4. The van der Waals surface area contributed by atoms with Crippen molar-refractivity contribution in [1.82, 2.24) is 16.0 Å². The number of urea groups is 2. The largest absolute Gasteiger partial charge is 0.378 e. The van der Waals surface area contributed by atoms with Crippen molar-refractivity contribution in [3.63, 3.8) is 0 Å². The third kappa shape index (κ3) is 8.67. The Morgan fingerprint density at radius 1 is 1.00 bits per heavy atom. The molecule has 0 saturated heterocycles. The molecule has 4 amide bonds. The van der Waals surface area contributed by atoms with E-state index in [1.807, 2.05) is 43.3 Å². The summed E-state index contributed by atoms with van der Waals surface area (Å²) in [6, 6.07) is 7.23. The smallest absolute Gasteiger partial charge is 0.319 e. The molecule has 0 aliphatic heterocycles. The highest BCUT2D eigenvalue weighted by Crippen LogP contribution is 2.20. The highest BCUT2D eigenvalue weighted by molar-refractivity contribution is 5.89. The second kappa shape index (κ2) is 13.1. The van der Waals surface area contributed by atoms with E-state index in [2.05, 4.69) is 35.1 Å². The average molecular weight is 432 g/mol. The minimum absolute atomic E-state index is 0.0497. The summed E-state index contributed by atoms with van der Waals surface area (Å²) in [4.78, 5) is 27.0. The van der Waals surface area contributed by atoms with Crippen molar-refractivity contribution in [2.45, 2.75) is 77.3 Å². The first-order valence-electron chi connectivity index (χ1n) is 11.8. The first kappa shape index (κ1) is 24.8. The Labute approximate surface area is 187 Å². The van der Waals surface area contributed by atoms with Crippen molar-refractivity contribution in [1.29, 1.82) is 0 Å². The molecule has 3 atom stereocenters. The first-order chi connectivity index (χ1) is 14.9. The number of unbranched alkanes of at least 4 members (excludes halogenated alkanes) is 1. The van der Waals surface area contributed by atoms with Crippen molar-refractivity contribution in [3.05, 3.63) is 24.3 Å². The van der Waals surface area contributed by atoms with E-state index in [9.17, 15) is 9.59 Å². The molecule has 1 saturated carbocycles. The van der Waals surface area contributed by atoms with E-state index in [1.54, 1.807) is 0 Å². The van der Waals surface area contributed by atoms with Gasteiger partial charge in [-0.15, -0.1) is 0 Å². The van der Waals surface area contributed by atoms with Gasteiger partial charge in [0.25, 0.3) is 0 Å². The first-order valence-corrected chi connectivity index (χ1v) is 11.8. The summed E-state index contributed by atoms with van der Waals surface area (Å²) in [6.45, 7) is 5.07. The summed E-state index contributed by atoms with van der Waals surface area (Å²) in [5, 5.41) is 12.1. The van der Waals surface area contributed by atoms with Gasteiger partial charge in [-0.25, -0.2) is 9.59 Å². The molecule has 7 nitrogen and oxygen atoms in total. The number of amides is 4. The van der Waals surface area contributed by atoms with Gasteiger partial charge in [0.05, 0.1) is 12.1 Å². The second-order valence-corrected chi connectivity index (χ2v) is 8.81. The Kier molecular flexibility index (Phi) is 10.5. The number of benzene rings is 1. The van der Waals surface area contributed by atoms with Gasteiger partial charge in [-0.1, -0.05) is 46.0 Å². The molecular weight excluding hydrogens is 390 g/mol. The van der Waals surface area contributed by atoms with Crippen LogP contribution in [0.1, 0.15) is 65.2 Å². The van der Waals surface area contributed by atoms with Gasteiger partial charge >= 0.3 is 12.1 Å². The summed E-state index contributed by atoms with van der Waals surface area (Å²) >= 11 is 0. The number of hydrogen-bond acceptors (Lipinski definition) is 3. The summed E-state index contributed by atoms with van der Waals surface area (Å²) in [7, 11) is 3.96. The molecule has 174 valence electrons. The SMILES string of the molecule is CCCCC(CC)CNC(=O)N[C@@H]1CCCC[C@H]1NC(=O)Nc1ccc(N(C)C)cc1. The fourth-order valence-electron chi connectivity index (χ4n) is 4.05. The molecule has 1 unspecified atom stereocenters. The zero-order valence-electron chi connectivity index (χ0n) is 19.7. The van der Waals surface area contributed by atoms with E-state index in [0.717, 1.165) is 49.9 Å². The van der Waals surface area contributed by atoms with Crippen LogP contribution in [0.25, 0.3) is 0 Å². The van der Waals surface area contributed by atoms with E-state index in [-0.39, 0.29) is 24.1 Å². The third-order valence-corrected chi connectivity index (χ3v) is 6.14. The van der Waals surface area contributed by atoms with Crippen molar-refractivity contribution in [2.24, 2.45) is 5.92 Å². The zero-order chi connectivity index (χ0) is 22.6. The Hall–Kier alpha value is -2.44. The minimum Gasteiger partial charge on any atom is -0.378 e. The Morgan fingerprint density at radius 3 is 2.16 bits per heavy atom. The molecule has 7 heteroatoms. The van der Waals surface area contributed by atoms with Gasteiger partial charge < -0.3 is 26.2 Å². The molecule has 1 aliphatic rings. The number of carbonyl (C=O) groups is 2. The normalized spacial score (nSPS) is 19.2. The third-order valence-electron chi connectivity index (χ3n) is 6.14. The standard InChI is InChI=1S/C24H41N5O2/c1-5-7-10-18(6-2)17-25-23(30)27-21-11-8-9-12-22(21)28-24(31)26-19-13-15-20(16-14-19)29(3)4/h13-16,18,21-22H,5-12,17H2,1-4H3,(H2,25,27,30)(H2,26,28,31)/t18?,21-,22-/m1/s1. The Bertz CT molecular complexity index is 677. The molecule has 1 aromatic rings. The van der Waals surface area contributed by atoms with Crippen LogP contribution in [0.5, 0.6) is 0 Å². The van der Waals surface area contributed by atoms with Gasteiger partial charge in [0, 0.05) is 32.0 Å². The molecule has 0 heterocycles. The molecule has 4 N–H and O–H groups in total. The predicted molar refractivity (Wildman–Crippen MR) is 129 cm³/mol. The van der Waals surface area contributed by atoms with E-state index in [1.165, 1.54) is 12.8 Å². The fourth-order valence-corrected chi connectivity index (χ4v) is 4.05. The molecule has 1 aliphatic carbocycles. The maximum absolute atomic E-state index is 12.5. The maximum Gasteiger partial charge on any atom is 0.319 e. The molecular formula is C24H41N5O2. The van der Waals surface area contributed by atoms with Crippen LogP contribution in [0.15, 0.2) is 24.3 Å². The van der Waals surface area contributed by atoms with Gasteiger partial charge in [0.2, 0.25) is 0 Å². The van der Waals surface area contributed by atoms with Crippen molar-refractivity contribution in [3.8, 4) is 0 Å². The van der Waals surface area contributed by atoms with Gasteiger partial charge in [-0.05, 0) is 49.4 Å². The predicted octanol–water partition coefficient (Wildman–Crippen LogP) is 4.70. The molecule has 31 heavy (non-hydrogen) atoms. The number of nitrogens with zero attached hydrogens (tertiary/aromatic N) is 1. The summed E-state index contributed by atoms with van der Waals surface area (Å²) in [5.74, 6) is 0.524. The van der Waals surface area contributed by atoms with Crippen LogP contribution in [0.3, 0.4) is 0 Å². The van der Waals surface area contributed by atoms with E-state index in [4.69, 9.17) is 0 Å². The molecule has 0 radical (unpaired) electrons. The van der Waals surface area contributed by atoms with Crippen LogP contribution in [-0.2, 0) is 0 Å². The Morgan fingerprint density at radius 2 is 1.61 bits per heavy atom. The lowest BCUT2D eigenvalue weighted by Gasteiger charge is -2.33. The van der Waals surface area contributed by atoms with Gasteiger partial charge in [0.1, 0.15) is 0 Å². The highest BCUT2D eigenvalue weighted by atomic mass is 16.2. The Balaban J connectivity index is 1.82. The van der Waals surface area contributed by atoms with Crippen molar-refractivity contribution < 1.29 is 9.59 Å². The quantitative estimate of drug-likeness (QED) is 0.433. The fraction of sp³-hybridized carbons (Fsp3) is 0.667. The summed E-state index contributed by atoms with van der Waals surface area (Å²) in [6.07, 6.45) is 8.46.